The lowest BCUT2D eigenvalue weighted by Gasteiger charge is -2.11. The minimum Gasteiger partial charge on any atom is -0.496 e. The summed E-state index contributed by atoms with van der Waals surface area (Å²) >= 11 is 8.03. The van der Waals surface area contributed by atoms with Gasteiger partial charge in [0.25, 0.3) is 5.91 Å². The molecule has 21 heavy (non-hydrogen) atoms. The van der Waals surface area contributed by atoms with Crippen molar-refractivity contribution in [1.82, 2.24) is 5.32 Å². The molecule has 4 nitrogen and oxygen atoms in total. The van der Waals surface area contributed by atoms with Crippen molar-refractivity contribution in [3.8, 4) is 5.75 Å². The van der Waals surface area contributed by atoms with Gasteiger partial charge in [0.2, 0.25) is 0 Å². The molecule has 2 aromatic carbocycles. The molecule has 0 unspecified atom stereocenters. The third kappa shape index (κ3) is 4.01. The summed E-state index contributed by atoms with van der Waals surface area (Å²) in [6.45, 7) is 0.329. The van der Waals surface area contributed by atoms with E-state index in [2.05, 4.69) is 27.9 Å². The zero-order valence-electron chi connectivity index (χ0n) is 11.3. The first-order valence-corrected chi connectivity index (χ1v) is 7.62. The van der Waals surface area contributed by atoms with Crippen molar-refractivity contribution in [2.45, 2.75) is 6.54 Å². The van der Waals surface area contributed by atoms with E-state index in [0.29, 0.717) is 28.6 Å². The van der Waals surface area contributed by atoms with Crippen LogP contribution in [0.25, 0.3) is 0 Å². The minimum absolute atomic E-state index is 0.189. The van der Waals surface area contributed by atoms with E-state index in [1.165, 1.54) is 0 Å². The molecule has 0 saturated heterocycles. The largest absolute Gasteiger partial charge is 0.496 e. The van der Waals surface area contributed by atoms with Gasteiger partial charge in [0.1, 0.15) is 5.75 Å². The molecule has 0 radical (unpaired) electrons. The highest BCUT2D eigenvalue weighted by Gasteiger charge is 2.11. The van der Waals surface area contributed by atoms with Crippen LogP contribution in [0, 0.1) is 3.57 Å². The molecule has 2 aromatic rings. The molecule has 0 aliphatic rings. The summed E-state index contributed by atoms with van der Waals surface area (Å²) in [7, 11) is 1.58. The second-order valence-corrected chi connectivity index (χ2v) is 5.98. The molecule has 0 heterocycles. The number of methoxy groups -OCH3 is 1. The van der Waals surface area contributed by atoms with Crippen molar-refractivity contribution in [3.05, 3.63) is 56.1 Å². The Balaban J connectivity index is 2.14. The Morgan fingerprint density at radius 1 is 1.33 bits per heavy atom. The van der Waals surface area contributed by atoms with Crippen LogP contribution < -0.4 is 15.8 Å². The van der Waals surface area contributed by atoms with Gasteiger partial charge >= 0.3 is 0 Å². The molecule has 0 aliphatic heterocycles. The lowest BCUT2D eigenvalue weighted by atomic mass is 10.1. The van der Waals surface area contributed by atoms with E-state index in [9.17, 15) is 4.79 Å². The Labute approximate surface area is 141 Å². The fraction of sp³-hybridized carbons (Fsp3) is 0.133. The van der Waals surface area contributed by atoms with Crippen LogP contribution in [0.4, 0.5) is 5.69 Å². The van der Waals surface area contributed by atoms with Crippen LogP contribution in [0.5, 0.6) is 5.75 Å². The van der Waals surface area contributed by atoms with Gasteiger partial charge in [0.15, 0.2) is 0 Å². The summed E-state index contributed by atoms with van der Waals surface area (Å²) < 4.78 is 6.09. The molecule has 0 aromatic heterocycles. The number of hydrogen-bond donors (Lipinski definition) is 2. The van der Waals surface area contributed by atoms with E-state index < -0.39 is 0 Å². The normalized spacial score (nSPS) is 10.2. The van der Waals surface area contributed by atoms with E-state index in [0.717, 1.165) is 9.13 Å². The molecule has 110 valence electrons. The van der Waals surface area contributed by atoms with E-state index in [4.69, 9.17) is 22.1 Å². The lowest BCUT2D eigenvalue weighted by Crippen LogP contribution is -2.24. The molecule has 0 bridgehead atoms. The van der Waals surface area contributed by atoms with Crippen LogP contribution >= 0.6 is 34.2 Å². The average molecular weight is 417 g/mol. The number of nitrogen functional groups attached to an aromatic ring is 1. The molecule has 0 saturated carbocycles. The predicted molar refractivity (Wildman–Crippen MR) is 92.7 cm³/mol. The van der Waals surface area contributed by atoms with Gasteiger partial charge in [0, 0.05) is 26.4 Å². The van der Waals surface area contributed by atoms with Gasteiger partial charge in [-0.1, -0.05) is 11.6 Å². The van der Waals surface area contributed by atoms with Crippen molar-refractivity contribution in [3.63, 3.8) is 0 Å². The number of carbonyl (C=O) groups excluding carboxylic acids is 1. The van der Waals surface area contributed by atoms with Crippen LogP contribution in [0.1, 0.15) is 15.9 Å². The number of anilines is 1. The fourth-order valence-electron chi connectivity index (χ4n) is 1.88. The third-order valence-electron chi connectivity index (χ3n) is 2.92. The number of rotatable bonds is 4. The molecule has 3 N–H and O–H groups in total. The summed E-state index contributed by atoms with van der Waals surface area (Å²) in [5, 5.41) is 3.38. The van der Waals surface area contributed by atoms with Crippen molar-refractivity contribution >= 4 is 45.8 Å². The predicted octanol–water partition coefficient (Wildman–Crippen LogP) is 3.47. The van der Waals surface area contributed by atoms with Crippen LogP contribution in [0.15, 0.2) is 36.4 Å². The van der Waals surface area contributed by atoms with Crippen molar-refractivity contribution in [2.75, 3.05) is 12.8 Å². The molecule has 6 heteroatoms. The second kappa shape index (κ2) is 7.00. The summed E-state index contributed by atoms with van der Waals surface area (Å²) in [5.41, 5.74) is 7.75. The zero-order valence-corrected chi connectivity index (χ0v) is 14.2. The SMILES string of the molecule is COc1ccc(N)cc1CNC(=O)c1cc(Cl)ccc1I. The van der Waals surface area contributed by atoms with Gasteiger partial charge in [-0.2, -0.15) is 0 Å². The number of nitrogens with two attached hydrogens (primary N) is 1. The van der Waals surface area contributed by atoms with E-state index in [1.54, 1.807) is 43.5 Å². The molecule has 0 atom stereocenters. The molecule has 0 aliphatic carbocycles. The third-order valence-corrected chi connectivity index (χ3v) is 4.09. The van der Waals surface area contributed by atoms with Crippen LogP contribution in [0.2, 0.25) is 5.02 Å². The molecule has 0 fully saturated rings. The highest BCUT2D eigenvalue weighted by molar-refractivity contribution is 14.1. The Bertz CT molecular complexity index is 677. The maximum absolute atomic E-state index is 12.2. The van der Waals surface area contributed by atoms with Crippen LogP contribution in [0.3, 0.4) is 0 Å². The Morgan fingerprint density at radius 2 is 2.10 bits per heavy atom. The number of ether oxygens (including phenoxy) is 1. The Morgan fingerprint density at radius 3 is 2.81 bits per heavy atom. The van der Waals surface area contributed by atoms with Gasteiger partial charge in [-0.25, -0.2) is 0 Å². The molecule has 2 rings (SSSR count). The Hall–Kier alpha value is -1.47. The average Bonchev–Trinajstić information content (AvgIpc) is 2.47. The standard InChI is InChI=1S/C15H14ClIN2O2/c1-21-14-5-3-11(18)6-9(14)8-19-15(20)12-7-10(16)2-4-13(12)17/h2-7H,8,18H2,1H3,(H,19,20). The first kappa shape index (κ1) is 15.9. The number of halogens is 2. The number of carbonyl (C=O) groups is 1. The lowest BCUT2D eigenvalue weighted by molar-refractivity contribution is 0.0950. The van der Waals surface area contributed by atoms with Crippen LogP contribution in [-0.2, 0) is 6.54 Å². The topological polar surface area (TPSA) is 64.3 Å². The first-order valence-electron chi connectivity index (χ1n) is 6.17. The Kier molecular flexibility index (Phi) is 5.30. The summed E-state index contributed by atoms with van der Waals surface area (Å²) in [5.74, 6) is 0.497. The number of amides is 1. The number of hydrogen-bond acceptors (Lipinski definition) is 3. The van der Waals surface area contributed by atoms with Gasteiger partial charge in [0.05, 0.1) is 12.7 Å². The van der Waals surface area contributed by atoms with Gasteiger partial charge < -0.3 is 15.8 Å². The maximum Gasteiger partial charge on any atom is 0.252 e. The van der Waals surface area contributed by atoms with Crippen molar-refractivity contribution < 1.29 is 9.53 Å². The molecular formula is C15H14ClIN2O2. The quantitative estimate of drug-likeness (QED) is 0.593. The van der Waals surface area contributed by atoms with Gasteiger partial charge in [-0.05, 0) is 59.0 Å². The highest BCUT2D eigenvalue weighted by Crippen LogP contribution is 2.22. The van der Waals surface area contributed by atoms with Crippen molar-refractivity contribution in [2.24, 2.45) is 0 Å². The fourth-order valence-corrected chi connectivity index (χ4v) is 2.63. The summed E-state index contributed by atoms with van der Waals surface area (Å²) in [6.07, 6.45) is 0. The maximum atomic E-state index is 12.2. The number of benzene rings is 2. The van der Waals surface area contributed by atoms with E-state index in [1.807, 2.05) is 0 Å². The number of nitrogens with one attached hydrogen (secondary N) is 1. The minimum atomic E-state index is -0.189. The van der Waals surface area contributed by atoms with E-state index in [-0.39, 0.29) is 5.91 Å². The monoisotopic (exact) mass is 416 g/mol. The molecule has 1 amide bonds. The van der Waals surface area contributed by atoms with Gasteiger partial charge in [-0.3, -0.25) is 4.79 Å². The van der Waals surface area contributed by atoms with Crippen LogP contribution in [-0.4, -0.2) is 13.0 Å². The van der Waals surface area contributed by atoms with E-state index >= 15 is 0 Å². The van der Waals surface area contributed by atoms with Gasteiger partial charge in [-0.15, -0.1) is 0 Å². The summed E-state index contributed by atoms with van der Waals surface area (Å²) in [4.78, 5) is 12.2. The smallest absolute Gasteiger partial charge is 0.252 e. The van der Waals surface area contributed by atoms with Crippen molar-refractivity contribution in [1.29, 1.82) is 0 Å². The molecular weight excluding hydrogens is 403 g/mol. The highest BCUT2D eigenvalue weighted by atomic mass is 127. The second-order valence-electron chi connectivity index (χ2n) is 4.38. The zero-order chi connectivity index (χ0) is 15.4. The molecule has 0 spiro atoms. The first-order chi connectivity index (χ1) is 10.0. The summed E-state index contributed by atoms with van der Waals surface area (Å²) in [6, 6.07) is 10.5.